The topological polar surface area (TPSA) is 91.1 Å². The molecule has 2 rings (SSSR count). The van der Waals surface area contributed by atoms with Crippen molar-refractivity contribution in [2.75, 3.05) is 20.1 Å². The summed E-state index contributed by atoms with van der Waals surface area (Å²) in [6.45, 7) is 5.89. The fraction of sp³-hybridized carbons (Fsp3) is 0.182. The molecule has 6 nitrogen and oxygen atoms in total. The highest BCUT2D eigenvalue weighted by Gasteiger charge is 2.07. The Hall–Kier alpha value is -3.63. The lowest BCUT2D eigenvalue weighted by molar-refractivity contribution is -0.863. The number of aliphatic carboxylic acids is 2. The summed E-state index contributed by atoms with van der Waals surface area (Å²) in [5, 5.41) is 16.3. The zero-order chi connectivity index (χ0) is 21.8. The van der Waals surface area contributed by atoms with Gasteiger partial charge in [-0.2, -0.15) is 0 Å². The number of carboxylic acid groups (broad SMARTS) is 2. The first-order valence-corrected chi connectivity index (χ1v) is 8.57. The second kappa shape index (κ2) is 12.0. The van der Waals surface area contributed by atoms with Gasteiger partial charge in [0, 0.05) is 5.57 Å². The molecular weight excluding hydrogens is 377 g/mol. The number of halogens is 1. The van der Waals surface area contributed by atoms with Crippen LogP contribution in [0.3, 0.4) is 0 Å². The van der Waals surface area contributed by atoms with Crippen LogP contribution in [-0.4, -0.2) is 37.2 Å². The number of quaternary nitrogens is 1. The minimum atomic E-state index is -2.07. The number of benzene rings is 2. The van der Waals surface area contributed by atoms with Gasteiger partial charge in [0.1, 0.15) is 31.3 Å². The lowest BCUT2D eigenvalue weighted by Crippen LogP contribution is -3.08. The van der Waals surface area contributed by atoms with E-state index in [9.17, 15) is 4.39 Å². The quantitative estimate of drug-likeness (QED) is 0.519. The smallest absolute Gasteiger partial charge is 0.351 e. The maximum Gasteiger partial charge on any atom is 0.351 e. The van der Waals surface area contributed by atoms with E-state index in [4.69, 9.17) is 31.0 Å². The predicted octanol–water partition coefficient (Wildman–Crippen LogP) is 0.387. The first kappa shape index (κ1) is 23.4. The molecule has 0 fully saturated rings. The number of carbonyl (C=O) groups is 2. The van der Waals surface area contributed by atoms with Crippen LogP contribution in [0.15, 0.2) is 55.1 Å². The number of ether oxygens (including phenoxy) is 1. The highest BCUT2D eigenvalue weighted by atomic mass is 19.1. The number of rotatable bonds is 7. The summed E-state index contributed by atoms with van der Waals surface area (Å²) in [6, 6.07) is 14.2. The molecule has 2 aromatic rings. The Morgan fingerprint density at radius 1 is 1.28 bits per heavy atom. The van der Waals surface area contributed by atoms with Crippen molar-refractivity contribution < 1.29 is 33.8 Å². The van der Waals surface area contributed by atoms with Gasteiger partial charge in [-0.1, -0.05) is 30.8 Å². The molecule has 7 heteroatoms. The number of hydrogen-bond donors (Lipinski definition) is 2. The highest BCUT2D eigenvalue weighted by molar-refractivity contribution is 6.26. The SMILES string of the molecule is C#CC[NH+](C)CC(=C)c1cccc(OCc2cccc(F)c2)c1.O=C([O-])C(=O)O. The van der Waals surface area contributed by atoms with Gasteiger partial charge in [0.15, 0.2) is 5.97 Å². The molecule has 0 radical (unpaired) electrons. The molecule has 0 amide bonds. The molecule has 0 heterocycles. The molecule has 0 aliphatic rings. The average Bonchev–Trinajstić information content (AvgIpc) is 2.67. The third-order valence-corrected chi connectivity index (χ3v) is 3.63. The van der Waals surface area contributed by atoms with Crippen molar-refractivity contribution in [3.05, 3.63) is 72.1 Å². The molecule has 1 atom stereocenters. The molecule has 2 aromatic carbocycles. The molecule has 0 aliphatic carbocycles. The van der Waals surface area contributed by atoms with Crippen LogP contribution in [0.2, 0.25) is 0 Å². The third-order valence-electron chi connectivity index (χ3n) is 3.63. The molecule has 0 spiro atoms. The molecular formula is C22H22FNO5. The summed E-state index contributed by atoms with van der Waals surface area (Å²) in [7, 11) is 2.04. The second-order valence-corrected chi connectivity index (χ2v) is 6.16. The van der Waals surface area contributed by atoms with Crippen LogP contribution < -0.4 is 14.7 Å². The molecule has 0 aromatic heterocycles. The maximum absolute atomic E-state index is 13.2. The third kappa shape index (κ3) is 9.22. The van der Waals surface area contributed by atoms with E-state index in [1.807, 2.05) is 37.4 Å². The number of hydrogen-bond acceptors (Lipinski definition) is 4. The summed E-state index contributed by atoms with van der Waals surface area (Å²) in [5.74, 6) is -0.882. The first-order chi connectivity index (χ1) is 13.7. The zero-order valence-electron chi connectivity index (χ0n) is 16.0. The van der Waals surface area contributed by atoms with E-state index in [-0.39, 0.29) is 5.82 Å². The van der Waals surface area contributed by atoms with Gasteiger partial charge in [0.25, 0.3) is 0 Å². The fourth-order valence-corrected chi connectivity index (χ4v) is 2.30. The molecule has 0 saturated carbocycles. The van der Waals surface area contributed by atoms with E-state index in [1.165, 1.54) is 17.0 Å². The minimum Gasteiger partial charge on any atom is -0.539 e. The van der Waals surface area contributed by atoms with Gasteiger partial charge in [0.2, 0.25) is 0 Å². The second-order valence-electron chi connectivity index (χ2n) is 6.16. The van der Waals surface area contributed by atoms with Crippen LogP contribution in [0.25, 0.3) is 5.57 Å². The van der Waals surface area contributed by atoms with Crippen LogP contribution in [0, 0.1) is 18.2 Å². The van der Waals surface area contributed by atoms with E-state index in [1.54, 1.807) is 6.07 Å². The van der Waals surface area contributed by atoms with Gasteiger partial charge in [-0.25, -0.2) is 9.18 Å². The number of carboxylic acids is 2. The van der Waals surface area contributed by atoms with Crippen LogP contribution in [0.4, 0.5) is 4.39 Å². The Morgan fingerprint density at radius 2 is 1.93 bits per heavy atom. The highest BCUT2D eigenvalue weighted by Crippen LogP contribution is 2.19. The molecule has 0 saturated heterocycles. The van der Waals surface area contributed by atoms with E-state index >= 15 is 0 Å². The number of likely N-dealkylation sites (N-methyl/N-ethyl adjacent to an activating group) is 1. The Morgan fingerprint density at radius 3 is 2.52 bits per heavy atom. The largest absolute Gasteiger partial charge is 0.539 e. The van der Waals surface area contributed by atoms with Crippen LogP contribution >= 0.6 is 0 Å². The molecule has 29 heavy (non-hydrogen) atoms. The molecule has 0 aliphatic heterocycles. The maximum atomic E-state index is 13.2. The lowest BCUT2D eigenvalue weighted by Gasteiger charge is -2.14. The Bertz CT molecular complexity index is 892. The van der Waals surface area contributed by atoms with Gasteiger partial charge in [0.05, 0.1) is 7.05 Å². The summed E-state index contributed by atoms with van der Waals surface area (Å²) in [5.41, 5.74) is 2.83. The Labute approximate surface area is 168 Å². The van der Waals surface area contributed by atoms with Gasteiger partial charge in [-0.3, -0.25) is 0 Å². The molecule has 0 bridgehead atoms. The van der Waals surface area contributed by atoms with E-state index in [0.29, 0.717) is 13.2 Å². The number of terminal acetylenes is 1. The zero-order valence-corrected chi connectivity index (χ0v) is 16.0. The van der Waals surface area contributed by atoms with Gasteiger partial charge < -0.3 is 24.6 Å². The molecule has 2 N–H and O–H groups in total. The van der Waals surface area contributed by atoms with Gasteiger partial charge >= 0.3 is 5.97 Å². The van der Waals surface area contributed by atoms with E-state index < -0.39 is 11.9 Å². The van der Waals surface area contributed by atoms with Gasteiger partial charge in [-0.15, -0.1) is 6.42 Å². The Balaban J connectivity index is 0.000000612. The Kier molecular flexibility index (Phi) is 9.65. The first-order valence-electron chi connectivity index (χ1n) is 8.57. The minimum absolute atomic E-state index is 0.257. The van der Waals surface area contributed by atoms with Crippen LogP contribution in [0.1, 0.15) is 11.1 Å². The van der Waals surface area contributed by atoms with Crippen molar-refractivity contribution >= 4 is 17.5 Å². The standard InChI is InChI=1S/C20H20FNO.C2H2O4/c1-4-11-22(3)14-16(2)18-8-6-10-20(13-18)23-15-17-7-5-9-19(21)12-17;3-1(4)2(5)6/h1,5-10,12-13H,2,11,14-15H2,3H3;(H,3,4)(H,5,6). The summed E-state index contributed by atoms with van der Waals surface area (Å²) >= 11 is 0. The van der Waals surface area contributed by atoms with Crippen LogP contribution in [-0.2, 0) is 16.2 Å². The predicted molar refractivity (Wildman–Crippen MR) is 104 cm³/mol. The van der Waals surface area contributed by atoms with Crippen molar-refractivity contribution in [2.45, 2.75) is 6.61 Å². The molecule has 152 valence electrons. The van der Waals surface area contributed by atoms with Crippen molar-refractivity contribution in [2.24, 2.45) is 0 Å². The number of carbonyl (C=O) groups excluding carboxylic acids is 1. The summed E-state index contributed by atoms with van der Waals surface area (Å²) in [4.78, 5) is 19.2. The summed E-state index contributed by atoms with van der Waals surface area (Å²) < 4.78 is 18.9. The average molecular weight is 399 g/mol. The summed E-state index contributed by atoms with van der Waals surface area (Å²) in [6.07, 6.45) is 5.33. The van der Waals surface area contributed by atoms with Crippen molar-refractivity contribution in [3.63, 3.8) is 0 Å². The normalized spacial score (nSPS) is 10.7. The van der Waals surface area contributed by atoms with Crippen molar-refractivity contribution in [1.82, 2.24) is 0 Å². The van der Waals surface area contributed by atoms with Gasteiger partial charge in [-0.05, 0) is 41.3 Å². The van der Waals surface area contributed by atoms with Crippen LogP contribution in [0.5, 0.6) is 5.75 Å². The van der Waals surface area contributed by atoms with Crippen molar-refractivity contribution in [3.8, 4) is 18.1 Å². The van der Waals surface area contributed by atoms with E-state index in [2.05, 4.69) is 12.5 Å². The number of nitrogens with one attached hydrogen (secondary N) is 1. The monoisotopic (exact) mass is 399 g/mol. The molecule has 1 unspecified atom stereocenters. The van der Waals surface area contributed by atoms with E-state index in [0.717, 1.165) is 29.0 Å². The fourth-order valence-electron chi connectivity index (χ4n) is 2.30. The lowest BCUT2D eigenvalue weighted by atomic mass is 10.1. The van der Waals surface area contributed by atoms with Crippen molar-refractivity contribution in [1.29, 1.82) is 0 Å².